The number of hydrogen-bond donors (Lipinski definition) is 0. The van der Waals surface area contributed by atoms with Gasteiger partial charge in [0.1, 0.15) is 40.9 Å². The number of halogens is 5. The normalized spacial score (nSPS) is 15.8. The number of piperidine rings is 4. The summed E-state index contributed by atoms with van der Waals surface area (Å²) in [5, 5.41) is 8.69. The molecule has 18 rings (SSSR count). The number of fused-ring (bicyclic) bond motifs is 1. The van der Waals surface area contributed by atoms with E-state index in [9.17, 15) is 22.0 Å². The number of hydrogen-bond acceptors (Lipinski definition) is 19. The topological polar surface area (TPSA) is 196 Å². The molecule has 26 heteroatoms. The Morgan fingerprint density at radius 2 is 0.496 bits per heavy atom. The number of aromatic nitrogens is 15. The summed E-state index contributed by atoms with van der Waals surface area (Å²) in [5.74, 6) is 4.97. The molecular formula is C101H124F5N21. The molecule has 0 spiro atoms. The number of benzene rings is 5. The van der Waals surface area contributed by atoms with Crippen molar-refractivity contribution in [3.05, 3.63) is 299 Å². The Labute approximate surface area is 746 Å². The van der Waals surface area contributed by atoms with Crippen LogP contribution in [0.3, 0.4) is 0 Å². The van der Waals surface area contributed by atoms with E-state index in [0.717, 1.165) is 218 Å². The van der Waals surface area contributed by atoms with Crippen molar-refractivity contribution in [1.29, 1.82) is 0 Å². The summed E-state index contributed by atoms with van der Waals surface area (Å²) in [7, 11) is 1.91. The molecule has 5 aliphatic heterocycles. The first kappa shape index (κ1) is 93.9. The summed E-state index contributed by atoms with van der Waals surface area (Å²) in [6, 6.07) is 35.7. The summed E-state index contributed by atoms with van der Waals surface area (Å²) in [5.41, 5.74) is 14.0. The van der Waals surface area contributed by atoms with Gasteiger partial charge in [0.2, 0.25) is 29.7 Å². The Bertz CT molecular complexity index is 4930. The van der Waals surface area contributed by atoms with Crippen molar-refractivity contribution < 1.29 is 22.0 Å². The largest absolute Gasteiger partial charge is 0.351 e. The summed E-state index contributed by atoms with van der Waals surface area (Å²) in [6.07, 6.45) is 46.3. The third kappa shape index (κ3) is 24.9. The number of anilines is 6. The van der Waals surface area contributed by atoms with Gasteiger partial charge in [-0.15, -0.1) is 0 Å². The van der Waals surface area contributed by atoms with Gasteiger partial charge in [-0.05, 0) is 232 Å². The first-order valence-corrected chi connectivity index (χ1v) is 44.9. The quantitative estimate of drug-likeness (QED) is 0.0580. The van der Waals surface area contributed by atoms with E-state index in [-0.39, 0.29) is 73.5 Å². The van der Waals surface area contributed by atoms with Gasteiger partial charge in [0, 0.05) is 201 Å². The van der Waals surface area contributed by atoms with Gasteiger partial charge < -0.3 is 29.4 Å². The van der Waals surface area contributed by atoms with E-state index in [1.165, 1.54) is 138 Å². The van der Waals surface area contributed by atoms with E-state index in [4.69, 9.17) is 0 Å². The molecule has 668 valence electrons. The highest BCUT2D eigenvalue weighted by Gasteiger charge is 2.27. The number of aryl methyl sites for hydroxylation is 1. The lowest BCUT2D eigenvalue weighted by Gasteiger charge is -2.35. The number of piperazine rings is 1. The van der Waals surface area contributed by atoms with Crippen LogP contribution in [0.1, 0.15) is 244 Å². The smallest absolute Gasteiger partial charge is 0.225 e. The zero-order valence-corrected chi connectivity index (χ0v) is 72.9. The molecule has 21 nitrogen and oxygen atoms in total. The van der Waals surface area contributed by atoms with E-state index in [2.05, 4.69) is 135 Å². The molecular weight excluding hydrogens is 1600 g/mol. The fourth-order valence-electron chi connectivity index (χ4n) is 17.5. The SMILES string of the molecule is C.C.CC[C@@H](c1ccc(F)cc1)c1cnc(N2CCCCC2)nc1.CC[C@@H](c1ccc(F)cc1)c1cnc(N2CCCCC2)nc1.CC[C@H](c1ccc(F)cc1)c1cnc(N2CCCCC2)nc1.CC[C@H](c1ccc(F)cc1)c1cnc(N2CCCCC2)nc1.CC[C@H](c1ccc(F)cc1)c1cnc(N2CCN(c3ncnn4cc(-c5cnn(C)c5)cc34)CC2)nc1. The van der Waals surface area contributed by atoms with Crippen molar-refractivity contribution in [3.8, 4) is 11.1 Å². The van der Waals surface area contributed by atoms with Crippen LogP contribution in [0.4, 0.5) is 57.5 Å². The minimum atomic E-state index is -0.224. The Hall–Kier alpha value is -12.2. The van der Waals surface area contributed by atoms with Gasteiger partial charge in [-0.25, -0.2) is 81.3 Å². The number of rotatable bonds is 22. The van der Waals surface area contributed by atoms with Crippen LogP contribution in [0.5, 0.6) is 0 Å². The lowest BCUT2D eigenvalue weighted by Crippen LogP contribution is -2.47. The highest BCUT2D eigenvalue weighted by molar-refractivity contribution is 5.77. The van der Waals surface area contributed by atoms with Crippen LogP contribution in [-0.4, -0.2) is 153 Å². The second-order valence-electron chi connectivity index (χ2n) is 32.9. The Balaban J connectivity index is 0.000000147. The van der Waals surface area contributed by atoms with Crippen LogP contribution in [0, 0.1) is 29.1 Å². The Kier molecular flexibility index (Phi) is 34.6. The van der Waals surface area contributed by atoms with Crippen LogP contribution >= 0.6 is 0 Å². The minimum absolute atomic E-state index is 0. The first-order valence-electron chi connectivity index (χ1n) is 44.9. The maximum absolute atomic E-state index is 13.4. The highest BCUT2D eigenvalue weighted by Crippen LogP contribution is 2.36. The van der Waals surface area contributed by atoms with E-state index < -0.39 is 0 Å². The lowest BCUT2D eigenvalue weighted by molar-refractivity contribution is 0.567. The van der Waals surface area contributed by atoms with Crippen LogP contribution in [-0.2, 0) is 7.05 Å². The van der Waals surface area contributed by atoms with E-state index in [1.54, 1.807) is 11.0 Å². The van der Waals surface area contributed by atoms with Gasteiger partial charge in [0.25, 0.3) is 0 Å². The van der Waals surface area contributed by atoms with E-state index in [0.29, 0.717) is 0 Å². The molecule has 0 aliphatic carbocycles. The van der Waals surface area contributed by atoms with Gasteiger partial charge in [0.15, 0.2) is 5.82 Å². The van der Waals surface area contributed by atoms with Crippen LogP contribution in [0.25, 0.3) is 16.6 Å². The average molecular weight is 1730 g/mol. The van der Waals surface area contributed by atoms with Gasteiger partial charge in [0.05, 0.1) is 6.20 Å². The molecule has 5 atom stereocenters. The second kappa shape index (κ2) is 46.8. The molecule has 0 radical (unpaired) electrons. The van der Waals surface area contributed by atoms with Gasteiger partial charge in [-0.3, -0.25) is 4.68 Å². The Morgan fingerprint density at radius 1 is 0.260 bits per heavy atom. The maximum Gasteiger partial charge on any atom is 0.225 e. The fraction of sp³-hybridized carbons (Fsp3) is 0.416. The molecule has 5 saturated heterocycles. The molecule has 5 aromatic carbocycles. The van der Waals surface area contributed by atoms with E-state index >= 15 is 0 Å². The summed E-state index contributed by atoms with van der Waals surface area (Å²) >= 11 is 0. The van der Waals surface area contributed by atoms with Crippen LogP contribution in [0.15, 0.2) is 214 Å². The molecule has 0 N–H and O–H groups in total. The standard InChI is InChI=1S/C27H28FN9.4C18H22FN3.2CH4/c1-3-24(19-4-6-23(28)7-5-19)21-13-29-27(30-14-21)36-10-8-35(9-11-36)26-25-12-20(17-37(25)33-18-31-26)22-15-32-34(2)16-22;4*1-2-17(14-6-8-16(19)9-7-14)15-12-20-18(21-13-15)22-10-4-3-5-11-22;;/h4-7,12-18,24H,3,8-11H2,1-2H3;4*6-9,12-13,17H,2-5,10-11H2,1H3;2*1H4/t24-;4*17-;;/m11100../s1. The summed E-state index contributed by atoms with van der Waals surface area (Å²) < 4.78 is 69.4. The minimum Gasteiger partial charge on any atom is -0.351 e. The zero-order chi connectivity index (χ0) is 86.8. The third-order valence-corrected chi connectivity index (χ3v) is 24.5. The lowest BCUT2D eigenvalue weighted by atomic mass is 9.91. The maximum atomic E-state index is 13.4. The zero-order valence-electron chi connectivity index (χ0n) is 72.9. The predicted molar refractivity (Wildman–Crippen MR) is 500 cm³/mol. The first-order chi connectivity index (χ1) is 61.2. The van der Waals surface area contributed by atoms with E-state index in [1.807, 2.05) is 153 Å². The van der Waals surface area contributed by atoms with Crippen molar-refractivity contribution in [2.45, 2.75) is 188 Å². The molecule has 13 heterocycles. The molecule has 5 fully saturated rings. The van der Waals surface area contributed by atoms with Crippen molar-refractivity contribution in [2.24, 2.45) is 7.05 Å². The van der Waals surface area contributed by atoms with Crippen LogP contribution in [0.2, 0.25) is 0 Å². The third-order valence-electron chi connectivity index (χ3n) is 24.5. The second-order valence-corrected chi connectivity index (χ2v) is 32.9. The Morgan fingerprint density at radius 3 is 0.724 bits per heavy atom. The van der Waals surface area contributed by atoms with Crippen LogP contribution < -0.4 is 29.4 Å². The van der Waals surface area contributed by atoms with Gasteiger partial charge in [-0.2, -0.15) is 10.2 Å². The summed E-state index contributed by atoms with van der Waals surface area (Å²) in [6.45, 7) is 22.2. The molecule has 127 heavy (non-hydrogen) atoms. The fourth-order valence-corrected chi connectivity index (χ4v) is 17.5. The molecule has 0 unspecified atom stereocenters. The number of nitrogens with zero attached hydrogens (tertiary/aromatic N) is 21. The van der Waals surface area contributed by atoms with Crippen molar-refractivity contribution in [1.82, 2.24) is 74.2 Å². The molecule has 8 aromatic heterocycles. The average Bonchev–Trinajstić information content (AvgIpc) is 1.63. The van der Waals surface area contributed by atoms with Crippen molar-refractivity contribution >= 4 is 41.1 Å². The molecule has 5 aliphatic rings. The van der Waals surface area contributed by atoms with Gasteiger partial charge >= 0.3 is 0 Å². The molecule has 0 bridgehead atoms. The predicted octanol–water partition coefficient (Wildman–Crippen LogP) is 21.8. The van der Waals surface area contributed by atoms with Gasteiger partial charge in [-0.1, -0.05) is 110 Å². The summed E-state index contributed by atoms with van der Waals surface area (Å²) in [4.78, 5) is 63.9. The molecule has 13 aromatic rings. The monoisotopic (exact) mass is 1730 g/mol. The van der Waals surface area contributed by atoms with Crippen molar-refractivity contribution in [2.75, 3.05) is 108 Å². The van der Waals surface area contributed by atoms with Crippen molar-refractivity contribution in [3.63, 3.8) is 0 Å². The highest BCUT2D eigenvalue weighted by atomic mass is 19.1. The molecule has 0 saturated carbocycles. The molecule has 0 amide bonds.